The number of carbonyl (C=O) groups excluding carboxylic acids is 1. The van der Waals surface area contributed by atoms with Crippen LogP contribution in [0.3, 0.4) is 0 Å². The molecule has 4 heteroatoms. The molecule has 0 atom stereocenters. The Morgan fingerprint density at radius 3 is 2.48 bits per heavy atom. The molecule has 2 N–H and O–H groups in total. The lowest BCUT2D eigenvalue weighted by Gasteiger charge is -2.15. The van der Waals surface area contributed by atoms with Crippen molar-refractivity contribution in [1.82, 2.24) is 5.32 Å². The fraction of sp³-hybridized carbons (Fsp3) is 0.176. The van der Waals surface area contributed by atoms with Gasteiger partial charge < -0.3 is 10.6 Å². The van der Waals surface area contributed by atoms with Gasteiger partial charge in [0.1, 0.15) is 5.84 Å². The third-order valence-electron chi connectivity index (χ3n) is 3.35. The number of nitrogens with one attached hydrogen (secondary N) is 2. The Morgan fingerprint density at radius 2 is 1.81 bits per heavy atom. The molecule has 0 saturated heterocycles. The van der Waals surface area contributed by atoms with Crippen LogP contribution < -0.4 is 10.6 Å². The van der Waals surface area contributed by atoms with Gasteiger partial charge in [-0.1, -0.05) is 18.2 Å². The SMILES string of the molecule is O=C(Nc1ccc(C2=NCCCN2)cc1)c1ccccc1. The summed E-state index contributed by atoms with van der Waals surface area (Å²) in [5.41, 5.74) is 2.48. The molecule has 0 radical (unpaired) electrons. The van der Waals surface area contributed by atoms with Crippen LogP contribution in [0.2, 0.25) is 0 Å². The van der Waals surface area contributed by atoms with Crippen molar-refractivity contribution in [2.45, 2.75) is 6.42 Å². The fourth-order valence-corrected chi connectivity index (χ4v) is 2.23. The van der Waals surface area contributed by atoms with Gasteiger partial charge in [0.05, 0.1) is 0 Å². The van der Waals surface area contributed by atoms with Crippen molar-refractivity contribution in [3.05, 3.63) is 65.7 Å². The number of nitrogens with zero attached hydrogens (tertiary/aromatic N) is 1. The highest BCUT2D eigenvalue weighted by Crippen LogP contribution is 2.12. The number of anilines is 1. The van der Waals surface area contributed by atoms with Crippen LogP contribution in [0.15, 0.2) is 59.6 Å². The Balaban J connectivity index is 1.70. The lowest BCUT2D eigenvalue weighted by molar-refractivity contribution is 0.102. The van der Waals surface area contributed by atoms with E-state index in [1.807, 2.05) is 42.5 Å². The topological polar surface area (TPSA) is 53.5 Å². The minimum Gasteiger partial charge on any atom is -0.370 e. The predicted molar refractivity (Wildman–Crippen MR) is 84.9 cm³/mol. The highest BCUT2D eigenvalue weighted by Gasteiger charge is 2.08. The second-order valence-electron chi connectivity index (χ2n) is 4.91. The molecule has 1 heterocycles. The number of hydrogen-bond acceptors (Lipinski definition) is 3. The normalized spacial score (nSPS) is 14.0. The molecule has 1 aliphatic rings. The second-order valence-corrected chi connectivity index (χ2v) is 4.91. The van der Waals surface area contributed by atoms with E-state index in [0.717, 1.165) is 36.6 Å². The molecule has 0 fully saturated rings. The third kappa shape index (κ3) is 3.28. The van der Waals surface area contributed by atoms with Crippen molar-refractivity contribution in [2.75, 3.05) is 18.4 Å². The van der Waals surface area contributed by atoms with Crippen LogP contribution in [0, 0.1) is 0 Å². The Bertz CT molecular complexity index is 647. The van der Waals surface area contributed by atoms with E-state index in [1.54, 1.807) is 12.1 Å². The molecular formula is C17H17N3O. The van der Waals surface area contributed by atoms with Crippen LogP contribution in [0.4, 0.5) is 5.69 Å². The van der Waals surface area contributed by atoms with E-state index in [4.69, 9.17) is 0 Å². The van der Waals surface area contributed by atoms with Gasteiger partial charge in [-0.3, -0.25) is 9.79 Å². The van der Waals surface area contributed by atoms with Gasteiger partial charge in [0.2, 0.25) is 0 Å². The maximum absolute atomic E-state index is 12.1. The molecule has 21 heavy (non-hydrogen) atoms. The summed E-state index contributed by atoms with van der Waals surface area (Å²) >= 11 is 0. The predicted octanol–water partition coefficient (Wildman–Crippen LogP) is 2.68. The van der Waals surface area contributed by atoms with Crippen LogP contribution in [0.5, 0.6) is 0 Å². The summed E-state index contributed by atoms with van der Waals surface area (Å²) in [5.74, 6) is 0.832. The summed E-state index contributed by atoms with van der Waals surface area (Å²) in [6, 6.07) is 16.9. The van der Waals surface area contributed by atoms with Crippen LogP contribution in [-0.2, 0) is 0 Å². The standard InChI is InChI=1S/C17H17N3O/c21-17(14-5-2-1-3-6-14)20-15-9-7-13(8-10-15)16-18-11-4-12-19-16/h1-3,5-10H,4,11-12H2,(H,18,19)(H,20,21). The van der Waals surface area contributed by atoms with Gasteiger partial charge in [-0.05, 0) is 42.8 Å². The van der Waals surface area contributed by atoms with Gasteiger partial charge in [0, 0.05) is 29.9 Å². The molecule has 1 aliphatic heterocycles. The van der Waals surface area contributed by atoms with Gasteiger partial charge >= 0.3 is 0 Å². The summed E-state index contributed by atoms with van der Waals surface area (Å²) in [5, 5.41) is 6.17. The molecule has 2 aromatic carbocycles. The monoisotopic (exact) mass is 279 g/mol. The molecule has 0 saturated carbocycles. The molecule has 2 aromatic rings. The van der Waals surface area contributed by atoms with Crippen LogP contribution in [0.25, 0.3) is 0 Å². The number of hydrogen-bond donors (Lipinski definition) is 2. The first kappa shape index (κ1) is 13.4. The van der Waals surface area contributed by atoms with E-state index in [0.29, 0.717) is 5.56 Å². The van der Waals surface area contributed by atoms with Crippen LogP contribution in [-0.4, -0.2) is 24.8 Å². The van der Waals surface area contributed by atoms with Crippen molar-refractivity contribution >= 4 is 17.4 Å². The van der Waals surface area contributed by atoms with Gasteiger partial charge in [0.25, 0.3) is 5.91 Å². The zero-order valence-electron chi connectivity index (χ0n) is 11.7. The van der Waals surface area contributed by atoms with Crippen LogP contribution in [0.1, 0.15) is 22.3 Å². The maximum atomic E-state index is 12.1. The van der Waals surface area contributed by atoms with Gasteiger partial charge in [-0.2, -0.15) is 0 Å². The molecule has 0 spiro atoms. The lowest BCUT2D eigenvalue weighted by atomic mass is 10.1. The lowest BCUT2D eigenvalue weighted by Crippen LogP contribution is -2.30. The highest BCUT2D eigenvalue weighted by atomic mass is 16.1. The summed E-state index contributed by atoms with van der Waals surface area (Å²) < 4.78 is 0. The average Bonchev–Trinajstić information content (AvgIpc) is 2.57. The summed E-state index contributed by atoms with van der Waals surface area (Å²) in [7, 11) is 0. The first-order valence-corrected chi connectivity index (χ1v) is 7.08. The minimum atomic E-state index is -0.100. The summed E-state index contributed by atoms with van der Waals surface area (Å²) in [4.78, 5) is 16.5. The minimum absolute atomic E-state index is 0.100. The molecule has 0 bridgehead atoms. The number of aliphatic imine (C=N–C) groups is 1. The molecule has 3 rings (SSSR count). The summed E-state index contributed by atoms with van der Waals surface area (Å²) in [6.45, 7) is 1.83. The van der Waals surface area contributed by atoms with E-state index in [9.17, 15) is 4.79 Å². The largest absolute Gasteiger partial charge is 0.370 e. The molecule has 0 unspecified atom stereocenters. The highest BCUT2D eigenvalue weighted by molar-refractivity contribution is 6.04. The quantitative estimate of drug-likeness (QED) is 0.907. The Hall–Kier alpha value is -2.62. The molecule has 0 aliphatic carbocycles. The van der Waals surface area contributed by atoms with E-state index >= 15 is 0 Å². The van der Waals surface area contributed by atoms with Crippen molar-refractivity contribution in [2.24, 2.45) is 4.99 Å². The fourth-order valence-electron chi connectivity index (χ4n) is 2.23. The van der Waals surface area contributed by atoms with E-state index in [-0.39, 0.29) is 5.91 Å². The first-order valence-electron chi connectivity index (χ1n) is 7.08. The average molecular weight is 279 g/mol. The van der Waals surface area contributed by atoms with E-state index < -0.39 is 0 Å². The summed E-state index contributed by atoms with van der Waals surface area (Å²) in [6.07, 6.45) is 1.08. The Morgan fingerprint density at radius 1 is 1.05 bits per heavy atom. The van der Waals surface area contributed by atoms with Crippen molar-refractivity contribution in [3.8, 4) is 0 Å². The maximum Gasteiger partial charge on any atom is 0.255 e. The molecule has 106 valence electrons. The van der Waals surface area contributed by atoms with Crippen LogP contribution >= 0.6 is 0 Å². The molecule has 4 nitrogen and oxygen atoms in total. The van der Waals surface area contributed by atoms with Crippen molar-refractivity contribution < 1.29 is 4.79 Å². The Kier molecular flexibility index (Phi) is 3.96. The van der Waals surface area contributed by atoms with Crippen molar-refractivity contribution in [1.29, 1.82) is 0 Å². The smallest absolute Gasteiger partial charge is 0.255 e. The molecule has 0 aromatic heterocycles. The first-order chi connectivity index (χ1) is 10.3. The Labute approximate surface area is 123 Å². The molecular weight excluding hydrogens is 262 g/mol. The zero-order chi connectivity index (χ0) is 14.5. The third-order valence-corrected chi connectivity index (χ3v) is 3.35. The van der Waals surface area contributed by atoms with Gasteiger partial charge in [0.15, 0.2) is 0 Å². The zero-order valence-corrected chi connectivity index (χ0v) is 11.7. The number of amidine groups is 1. The van der Waals surface area contributed by atoms with E-state index in [2.05, 4.69) is 15.6 Å². The molecule has 1 amide bonds. The van der Waals surface area contributed by atoms with E-state index in [1.165, 1.54) is 0 Å². The number of benzene rings is 2. The van der Waals surface area contributed by atoms with Gasteiger partial charge in [-0.25, -0.2) is 0 Å². The second kappa shape index (κ2) is 6.22. The van der Waals surface area contributed by atoms with Crippen molar-refractivity contribution in [3.63, 3.8) is 0 Å². The number of amides is 1. The number of rotatable bonds is 3. The number of carbonyl (C=O) groups is 1. The van der Waals surface area contributed by atoms with Gasteiger partial charge in [-0.15, -0.1) is 0 Å².